The molecule has 3 atom stereocenters. The molecule has 3 amide bonds. The van der Waals surface area contributed by atoms with E-state index in [1.54, 1.807) is 0 Å². The average molecular weight is 507 g/mol. The monoisotopic (exact) mass is 506 g/mol. The van der Waals surface area contributed by atoms with E-state index < -0.39 is 11.6 Å². The van der Waals surface area contributed by atoms with Gasteiger partial charge in [-0.3, -0.25) is 15.0 Å². The Hall–Kier alpha value is -3.09. The van der Waals surface area contributed by atoms with Crippen molar-refractivity contribution < 1.29 is 14.3 Å². The fourth-order valence-corrected chi connectivity index (χ4v) is 6.04. The summed E-state index contributed by atoms with van der Waals surface area (Å²) in [6.07, 6.45) is 6.91. The van der Waals surface area contributed by atoms with Crippen molar-refractivity contribution in [1.82, 2.24) is 20.5 Å². The van der Waals surface area contributed by atoms with Gasteiger partial charge in [0.25, 0.3) is 0 Å². The number of H-pyrrole nitrogens is 1. The predicted octanol–water partition coefficient (Wildman–Crippen LogP) is 3.75. The lowest BCUT2D eigenvalue weighted by Gasteiger charge is -2.44. The summed E-state index contributed by atoms with van der Waals surface area (Å²) in [5.41, 5.74) is 0.296. The standard InChI is InChI=1S/C28H38N6O3/c29-19-24(20-9-10-20)31-26(35)22-7-3-4-11-28(22,12-5-13-34-14-16-37-17-15-34)33-27(36)32-25-18-21-6-1-2-8-23(21)30-25/h1-2,6,8,18,20,22,24,30H,3-5,7,9-17H2,(H,31,35)(H2,32,33,36)/t22-,24+,28-/m0/s1. The number of para-hydroxylation sites is 1. The van der Waals surface area contributed by atoms with E-state index in [-0.39, 0.29) is 23.8 Å². The van der Waals surface area contributed by atoms with Gasteiger partial charge in [-0.25, -0.2) is 4.79 Å². The first-order valence-electron chi connectivity index (χ1n) is 13.7. The number of benzene rings is 1. The van der Waals surface area contributed by atoms with Crippen molar-refractivity contribution in [3.05, 3.63) is 30.3 Å². The maximum absolute atomic E-state index is 13.6. The largest absolute Gasteiger partial charge is 0.379 e. The molecule has 2 heterocycles. The smallest absolute Gasteiger partial charge is 0.320 e. The lowest BCUT2D eigenvalue weighted by Crippen LogP contribution is -2.61. The van der Waals surface area contributed by atoms with Crippen LogP contribution in [0.2, 0.25) is 0 Å². The minimum absolute atomic E-state index is 0.101. The number of carbonyl (C=O) groups is 2. The van der Waals surface area contributed by atoms with Gasteiger partial charge in [0, 0.05) is 24.0 Å². The van der Waals surface area contributed by atoms with Gasteiger partial charge in [0.1, 0.15) is 11.9 Å². The number of morpholine rings is 1. The Bertz CT molecular complexity index is 1100. The summed E-state index contributed by atoms with van der Waals surface area (Å²) in [6, 6.07) is 11.3. The second-order valence-corrected chi connectivity index (χ2v) is 10.8. The third-order valence-electron chi connectivity index (χ3n) is 8.22. The molecule has 9 nitrogen and oxygen atoms in total. The van der Waals surface area contributed by atoms with E-state index in [2.05, 4.69) is 31.9 Å². The van der Waals surface area contributed by atoms with Gasteiger partial charge in [-0.2, -0.15) is 5.26 Å². The van der Waals surface area contributed by atoms with Crippen LogP contribution < -0.4 is 16.0 Å². The number of nitrogens with zero attached hydrogens (tertiary/aromatic N) is 2. The van der Waals surface area contributed by atoms with E-state index in [1.165, 1.54) is 0 Å². The highest BCUT2D eigenvalue weighted by Gasteiger charge is 2.46. The molecule has 3 fully saturated rings. The molecule has 1 saturated heterocycles. The summed E-state index contributed by atoms with van der Waals surface area (Å²) >= 11 is 0. The number of fused-ring (bicyclic) bond motifs is 1. The van der Waals surface area contributed by atoms with E-state index in [9.17, 15) is 14.9 Å². The summed E-state index contributed by atoms with van der Waals surface area (Å²) in [7, 11) is 0. The zero-order valence-electron chi connectivity index (χ0n) is 21.4. The second-order valence-electron chi connectivity index (χ2n) is 10.8. The zero-order chi connectivity index (χ0) is 25.7. The molecule has 1 aromatic carbocycles. The fraction of sp³-hybridized carbons (Fsp3) is 0.607. The van der Waals surface area contributed by atoms with Gasteiger partial charge in [-0.1, -0.05) is 31.0 Å². The molecule has 0 spiro atoms. The first-order chi connectivity index (χ1) is 18.1. The molecule has 9 heteroatoms. The molecule has 2 aliphatic carbocycles. The topological polar surface area (TPSA) is 122 Å². The van der Waals surface area contributed by atoms with Crippen molar-refractivity contribution in [2.75, 3.05) is 38.2 Å². The lowest BCUT2D eigenvalue weighted by molar-refractivity contribution is -0.129. The summed E-state index contributed by atoms with van der Waals surface area (Å²) < 4.78 is 5.48. The van der Waals surface area contributed by atoms with Gasteiger partial charge >= 0.3 is 6.03 Å². The Morgan fingerprint density at radius 2 is 2.00 bits per heavy atom. The number of hydrogen-bond acceptors (Lipinski definition) is 5. The molecule has 37 heavy (non-hydrogen) atoms. The van der Waals surface area contributed by atoms with Crippen LogP contribution in [0.1, 0.15) is 51.4 Å². The molecule has 4 N–H and O–H groups in total. The van der Waals surface area contributed by atoms with Crippen molar-refractivity contribution in [3.8, 4) is 6.07 Å². The first kappa shape index (κ1) is 25.6. The van der Waals surface area contributed by atoms with Crippen molar-refractivity contribution in [3.63, 3.8) is 0 Å². The molecule has 2 saturated carbocycles. The predicted molar refractivity (Wildman–Crippen MR) is 142 cm³/mol. The van der Waals surface area contributed by atoms with E-state index in [4.69, 9.17) is 4.74 Å². The summed E-state index contributed by atoms with van der Waals surface area (Å²) in [4.78, 5) is 32.5. The van der Waals surface area contributed by atoms with Gasteiger partial charge in [-0.05, 0) is 63.1 Å². The molecule has 0 bridgehead atoms. The molecule has 0 radical (unpaired) electrons. The highest BCUT2D eigenvalue weighted by molar-refractivity contribution is 5.94. The molecule has 2 aromatic rings. The molecule has 1 aliphatic heterocycles. The van der Waals surface area contributed by atoms with Crippen LogP contribution in [0.3, 0.4) is 0 Å². The minimum atomic E-state index is -0.658. The normalized spacial score (nSPS) is 25.2. The number of amides is 3. The maximum atomic E-state index is 13.6. The number of carbonyl (C=O) groups excluding carboxylic acids is 2. The van der Waals surface area contributed by atoms with Crippen LogP contribution in [0, 0.1) is 23.2 Å². The molecule has 5 rings (SSSR count). The Morgan fingerprint density at radius 3 is 2.76 bits per heavy atom. The maximum Gasteiger partial charge on any atom is 0.320 e. The third kappa shape index (κ3) is 6.25. The van der Waals surface area contributed by atoms with Gasteiger partial charge in [0.15, 0.2) is 0 Å². The molecule has 1 aromatic heterocycles. The van der Waals surface area contributed by atoms with Crippen molar-refractivity contribution in [1.29, 1.82) is 5.26 Å². The SMILES string of the molecule is N#C[C@@H](NC(=O)[C@@H]1CCCC[C@@]1(CCCN1CCOCC1)NC(=O)Nc1cc2ccccc2[nH]1)C1CC1. The fourth-order valence-electron chi connectivity index (χ4n) is 6.04. The summed E-state index contributed by atoms with van der Waals surface area (Å²) in [5.74, 6) is 0.410. The van der Waals surface area contributed by atoms with Gasteiger partial charge in [-0.15, -0.1) is 0 Å². The van der Waals surface area contributed by atoms with Crippen LogP contribution in [-0.2, 0) is 9.53 Å². The Morgan fingerprint density at radius 1 is 1.19 bits per heavy atom. The van der Waals surface area contributed by atoms with Gasteiger partial charge < -0.3 is 20.4 Å². The van der Waals surface area contributed by atoms with Crippen LogP contribution in [-0.4, -0.2) is 66.3 Å². The number of anilines is 1. The van der Waals surface area contributed by atoms with Crippen LogP contribution in [0.25, 0.3) is 10.9 Å². The van der Waals surface area contributed by atoms with E-state index in [1.807, 2.05) is 30.3 Å². The third-order valence-corrected chi connectivity index (χ3v) is 8.22. The number of ether oxygens (including phenoxy) is 1. The average Bonchev–Trinajstić information content (AvgIpc) is 3.67. The number of rotatable bonds is 9. The quantitative estimate of drug-likeness (QED) is 0.413. The number of urea groups is 1. The summed E-state index contributed by atoms with van der Waals surface area (Å²) in [5, 5.41) is 19.9. The molecule has 198 valence electrons. The number of nitrogens with one attached hydrogen (secondary N) is 4. The Kier molecular flexibility index (Phi) is 7.96. The van der Waals surface area contributed by atoms with Crippen molar-refractivity contribution in [2.24, 2.45) is 11.8 Å². The Balaban J connectivity index is 1.31. The van der Waals surface area contributed by atoms with Crippen LogP contribution in [0.5, 0.6) is 0 Å². The number of aromatic nitrogens is 1. The zero-order valence-corrected chi connectivity index (χ0v) is 21.4. The van der Waals surface area contributed by atoms with Crippen LogP contribution >= 0.6 is 0 Å². The first-order valence-corrected chi connectivity index (χ1v) is 13.7. The highest BCUT2D eigenvalue weighted by Crippen LogP contribution is 2.39. The molecular formula is C28H38N6O3. The van der Waals surface area contributed by atoms with Crippen molar-refractivity contribution >= 4 is 28.7 Å². The highest BCUT2D eigenvalue weighted by atomic mass is 16.5. The van der Waals surface area contributed by atoms with Crippen LogP contribution in [0.15, 0.2) is 30.3 Å². The minimum Gasteiger partial charge on any atom is -0.379 e. The number of aromatic amines is 1. The van der Waals surface area contributed by atoms with Crippen molar-refractivity contribution in [2.45, 2.75) is 62.9 Å². The second kappa shape index (κ2) is 11.5. The van der Waals surface area contributed by atoms with Gasteiger partial charge in [0.2, 0.25) is 5.91 Å². The van der Waals surface area contributed by atoms with E-state index >= 15 is 0 Å². The van der Waals surface area contributed by atoms with E-state index in [0.717, 1.165) is 82.3 Å². The van der Waals surface area contributed by atoms with Gasteiger partial charge in [0.05, 0.1) is 30.7 Å². The number of nitriles is 1. The number of hydrogen-bond donors (Lipinski definition) is 4. The van der Waals surface area contributed by atoms with Crippen LogP contribution in [0.4, 0.5) is 10.6 Å². The molecule has 3 aliphatic rings. The lowest BCUT2D eigenvalue weighted by atomic mass is 9.69. The molecule has 0 unspecified atom stereocenters. The Labute approximate surface area is 218 Å². The summed E-state index contributed by atoms with van der Waals surface area (Å²) in [6.45, 7) is 4.23. The molecular weight excluding hydrogens is 468 g/mol. The van der Waals surface area contributed by atoms with E-state index in [0.29, 0.717) is 18.7 Å².